The molecule has 2 rings (SSSR count). The average molecular weight is 292 g/mol. The predicted octanol–water partition coefficient (Wildman–Crippen LogP) is 2.76. The lowest BCUT2D eigenvalue weighted by atomic mass is 10.1. The number of aromatic nitrogens is 1. The van der Waals surface area contributed by atoms with Crippen LogP contribution in [0.5, 0.6) is 0 Å². The summed E-state index contributed by atoms with van der Waals surface area (Å²) in [4.78, 5) is 18.3. The molecule has 0 radical (unpaired) electrons. The molecule has 0 saturated heterocycles. The molecule has 2 N–H and O–H groups in total. The molecule has 0 saturated carbocycles. The van der Waals surface area contributed by atoms with Crippen molar-refractivity contribution in [3.63, 3.8) is 0 Å². The summed E-state index contributed by atoms with van der Waals surface area (Å²) >= 11 is 1.47. The normalized spacial score (nSPS) is 11.8. The van der Waals surface area contributed by atoms with Crippen molar-refractivity contribution in [1.29, 1.82) is 0 Å². The van der Waals surface area contributed by atoms with Crippen molar-refractivity contribution < 1.29 is 4.79 Å². The van der Waals surface area contributed by atoms with Gasteiger partial charge in [0.1, 0.15) is 0 Å². The Morgan fingerprint density at radius 3 is 2.70 bits per heavy atom. The maximum Gasteiger partial charge on any atom is 0.321 e. The maximum absolute atomic E-state index is 11.9. The number of likely N-dealkylation sites (N-methyl/N-ethyl adjacent to an activating group) is 1. The van der Waals surface area contributed by atoms with Crippen LogP contribution in [0.25, 0.3) is 10.2 Å². The minimum absolute atomic E-state index is 0.0923. The smallest absolute Gasteiger partial charge is 0.321 e. The largest absolute Gasteiger partial charge is 0.336 e. The highest BCUT2D eigenvalue weighted by Crippen LogP contribution is 2.25. The molecule has 108 valence electrons. The molecule has 1 aromatic carbocycles. The minimum Gasteiger partial charge on any atom is -0.336 e. The number of thiazole rings is 1. The van der Waals surface area contributed by atoms with Gasteiger partial charge in [0.15, 0.2) is 5.13 Å². The molecule has 0 fully saturated rings. The molecule has 6 heteroatoms. The number of rotatable bonds is 4. The number of benzene rings is 1. The zero-order chi connectivity index (χ0) is 14.8. The van der Waals surface area contributed by atoms with Crippen molar-refractivity contribution >= 4 is 32.7 Å². The molecule has 0 aliphatic carbocycles. The number of fused-ring (bicyclic) bond motifs is 1. The summed E-state index contributed by atoms with van der Waals surface area (Å²) in [6.07, 6.45) is 0. The molecule has 1 aromatic heterocycles. The van der Waals surface area contributed by atoms with E-state index in [1.54, 1.807) is 0 Å². The van der Waals surface area contributed by atoms with Crippen molar-refractivity contribution in [3.05, 3.63) is 24.3 Å². The summed E-state index contributed by atoms with van der Waals surface area (Å²) < 4.78 is 1.07. The quantitative estimate of drug-likeness (QED) is 0.911. The van der Waals surface area contributed by atoms with Crippen LogP contribution >= 0.6 is 11.3 Å². The van der Waals surface area contributed by atoms with Crippen molar-refractivity contribution in [2.24, 2.45) is 0 Å². The lowest BCUT2D eigenvalue weighted by Gasteiger charge is -2.32. The fraction of sp³-hybridized carbons (Fsp3) is 0.429. The van der Waals surface area contributed by atoms with E-state index in [1.807, 2.05) is 38.4 Å². The second kappa shape index (κ2) is 5.76. The highest BCUT2D eigenvalue weighted by atomic mass is 32.1. The van der Waals surface area contributed by atoms with E-state index in [0.717, 1.165) is 10.2 Å². The number of nitrogens with one attached hydrogen (secondary N) is 2. The van der Waals surface area contributed by atoms with E-state index < -0.39 is 0 Å². The van der Waals surface area contributed by atoms with Crippen LogP contribution in [0.4, 0.5) is 9.93 Å². The van der Waals surface area contributed by atoms with Gasteiger partial charge in [-0.05, 0) is 40.1 Å². The molecule has 0 aliphatic rings. The molecule has 0 aliphatic heterocycles. The van der Waals surface area contributed by atoms with Crippen LogP contribution in [0, 0.1) is 0 Å². The summed E-state index contributed by atoms with van der Waals surface area (Å²) in [6.45, 7) is 4.71. The van der Waals surface area contributed by atoms with E-state index in [1.165, 1.54) is 11.3 Å². The standard InChI is InChI=1S/C14H20N4OS/c1-14(2,18(3)4)9-15-12(19)17-13-16-10-7-5-6-8-11(10)20-13/h5-8H,9H2,1-4H3,(H2,15,16,17,19). The number of amides is 2. The van der Waals surface area contributed by atoms with Crippen molar-refractivity contribution in [1.82, 2.24) is 15.2 Å². The van der Waals surface area contributed by atoms with Crippen LogP contribution in [-0.4, -0.2) is 42.1 Å². The van der Waals surface area contributed by atoms with E-state index in [9.17, 15) is 4.79 Å². The third-order valence-electron chi connectivity index (χ3n) is 3.41. The van der Waals surface area contributed by atoms with E-state index >= 15 is 0 Å². The monoisotopic (exact) mass is 292 g/mol. The summed E-state index contributed by atoms with van der Waals surface area (Å²) in [5.74, 6) is 0. The van der Waals surface area contributed by atoms with Gasteiger partial charge in [-0.3, -0.25) is 5.32 Å². The Labute approximate surface area is 123 Å². The number of carbonyl (C=O) groups excluding carboxylic acids is 1. The Morgan fingerprint density at radius 2 is 2.05 bits per heavy atom. The van der Waals surface area contributed by atoms with E-state index in [4.69, 9.17) is 0 Å². The van der Waals surface area contributed by atoms with Crippen molar-refractivity contribution in [2.75, 3.05) is 26.0 Å². The molecule has 0 spiro atoms. The number of para-hydroxylation sites is 1. The number of carbonyl (C=O) groups is 1. The third-order valence-corrected chi connectivity index (χ3v) is 4.36. The first-order chi connectivity index (χ1) is 9.38. The van der Waals surface area contributed by atoms with Gasteiger partial charge in [0, 0.05) is 12.1 Å². The fourth-order valence-electron chi connectivity index (χ4n) is 1.52. The van der Waals surface area contributed by atoms with Gasteiger partial charge in [0.05, 0.1) is 10.2 Å². The molecule has 2 amide bonds. The summed E-state index contributed by atoms with van der Waals surface area (Å²) in [7, 11) is 3.99. The zero-order valence-electron chi connectivity index (χ0n) is 12.2. The first-order valence-electron chi connectivity index (χ1n) is 6.46. The Morgan fingerprint density at radius 1 is 1.35 bits per heavy atom. The number of hydrogen-bond acceptors (Lipinski definition) is 4. The van der Waals surface area contributed by atoms with Crippen LogP contribution in [0.2, 0.25) is 0 Å². The highest BCUT2D eigenvalue weighted by Gasteiger charge is 2.21. The SMILES string of the molecule is CN(C)C(C)(C)CNC(=O)Nc1nc2ccccc2s1. The van der Waals surface area contributed by atoms with Gasteiger partial charge >= 0.3 is 6.03 Å². The lowest BCUT2D eigenvalue weighted by Crippen LogP contribution is -2.49. The molecule has 5 nitrogen and oxygen atoms in total. The maximum atomic E-state index is 11.9. The van der Waals surface area contributed by atoms with E-state index in [2.05, 4.69) is 34.4 Å². The van der Waals surface area contributed by atoms with Gasteiger partial charge in [0.25, 0.3) is 0 Å². The molecular weight excluding hydrogens is 272 g/mol. The Balaban J connectivity index is 1.94. The number of anilines is 1. The Hall–Kier alpha value is -1.66. The average Bonchev–Trinajstić information content (AvgIpc) is 2.78. The molecule has 2 aromatic rings. The first kappa shape index (κ1) is 14.7. The van der Waals surface area contributed by atoms with Gasteiger partial charge in [-0.2, -0.15) is 0 Å². The lowest BCUT2D eigenvalue weighted by molar-refractivity contribution is 0.189. The predicted molar refractivity (Wildman–Crippen MR) is 84.4 cm³/mol. The number of urea groups is 1. The van der Waals surface area contributed by atoms with Crippen LogP contribution in [0.3, 0.4) is 0 Å². The molecule has 0 unspecified atom stereocenters. The topological polar surface area (TPSA) is 57.3 Å². The summed E-state index contributed by atoms with van der Waals surface area (Å²) in [5, 5.41) is 6.27. The van der Waals surface area contributed by atoms with Gasteiger partial charge in [-0.25, -0.2) is 9.78 Å². The second-order valence-electron chi connectivity index (χ2n) is 5.50. The van der Waals surface area contributed by atoms with E-state index in [-0.39, 0.29) is 11.6 Å². The number of hydrogen-bond donors (Lipinski definition) is 2. The van der Waals surface area contributed by atoms with Crippen LogP contribution in [0.15, 0.2) is 24.3 Å². The third kappa shape index (κ3) is 3.46. The Bertz CT molecular complexity index is 573. The fourth-order valence-corrected chi connectivity index (χ4v) is 2.38. The first-order valence-corrected chi connectivity index (χ1v) is 7.28. The van der Waals surface area contributed by atoms with Crippen molar-refractivity contribution in [2.45, 2.75) is 19.4 Å². The molecule has 0 bridgehead atoms. The van der Waals surface area contributed by atoms with Gasteiger partial charge in [0.2, 0.25) is 0 Å². The van der Waals surface area contributed by atoms with E-state index in [0.29, 0.717) is 11.7 Å². The Kier molecular flexibility index (Phi) is 4.25. The summed E-state index contributed by atoms with van der Waals surface area (Å²) in [6, 6.07) is 7.60. The van der Waals surface area contributed by atoms with Gasteiger partial charge < -0.3 is 10.2 Å². The summed E-state index contributed by atoms with van der Waals surface area (Å²) in [5.41, 5.74) is 0.812. The van der Waals surface area contributed by atoms with Crippen molar-refractivity contribution in [3.8, 4) is 0 Å². The van der Waals surface area contributed by atoms with Gasteiger partial charge in [-0.15, -0.1) is 0 Å². The highest BCUT2D eigenvalue weighted by molar-refractivity contribution is 7.22. The second-order valence-corrected chi connectivity index (χ2v) is 6.53. The zero-order valence-corrected chi connectivity index (χ0v) is 13.0. The van der Waals surface area contributed by atoms with Crippen LogP contribution in [0.1, 0.15) is 13.8 Å². The molecule has 0 atom stereocenters. The van der Waals surface area contributed by atoms with Gasteiger partial charge in [-0.1, -0.05) is 23.5 Å². The van der Waals surface area contributed by atoms with Crippen LogP contribution < -0.4 is 10.6 Å². The molecule has 20 heavy (non-hydrogen) atoms. The number of nitrogens with zero attached hydrogens (tertiary/aromatic N) is 2. The minimum atomic E-state index is -0.223. The molecular formula is C14H20N4OS. The van der Waals surface area contributed by atoms with Crippen LogP contribution in [-0.2, 0) is 0 Å². The molecule has 1 heterocycles.